The van der Waals surface area contributed by atoms with E-state index >= 15 is 0 Å². The Morgan fingerprint density at radius 1 is 1.04 bits per heavy atom. The van der Waals surface area contributed by atoms with E-state index in [-0.39, 0.29) is 5.56 Å². The summed E-state index contributed by atoms with van der Waals surface area (Å²) < 4.78 is 0. The summed E-state index contributed by atoms with van der Waals surface area (Å²) in [4.78, 5) is 24.2. The van der Waals surface area contributed by atoms with Gasteiger partial charge in [0.1, 0.15) is 5.82 Å². The van der Waals surface area contributed by atoms with Gasteiger partial charge in [0.25, 0.3) is 5.56 Å². The van der Waals surface area contributed by atoms with Gasteiger partial charge in [0.05, 0.1) is 23.6 Å². The Morgan fingerprint density at radius 2 is 1.71 bits per heavy atom. The highest BCUT2D eigenvalue weighted by atomic mass is 35.5. The van der Waals surface area contributed by atoms with Crippen LogP contribution in [0.5, 0.6) is 0 Å². The average Bonchev–Trinajstić information content (AvgIpc) is 2.70. The second-order valence-corrected chi connectivity index (χ2v) is 7.61. The number of nitrogens with zero attached hydrogens (tertiary/aromatic N) is 3. The number of aromatic nitrogens is 2. The van der Waals surface area contributed by atoms with Crippen molar-refractivity contribution in [2.24, 2.45) is 0 Å². The first-order chi connectivity index (χ1) is 13.6. The van der Waals surface area contributed by atoms with Gasteiger partial charge in [-0.05, 0) is 29.8 Å². The monoisotopic (exact) mass is 398 g/mol. The fourth-order valence-electron chi connectivity index (χ4n) is 3.59. The summed E-state index contributed by atoms with van der Waals surface area (Å²) in [6, 6.07) is 14.7. The normalized spacial score (nSPS) is 17.1. The van der Waals surface area contributed by atoms with Crippen LogP contribution in [0.3, 0.4) is 0 Å². The maximum atomic E-state index is 12.2. The molecule has 1 fully saturated rings. The van der Waals surface area contributed by atoms with E-state index in [1.54, 1.807) is 18.2 Å². The minimum atomic E-state index is -0.526. The van der Waals surface area contributed by atoms with Gasteiger partial charge in [-0.2, -0.15) is 0 Å². The Labute approximate surface area is 168 Å². The van der Waals surface area contributed by atoms with E-state index in [0.717, 1.165) is 37.3 Å². The van der Waals surface area contributed by atoms with Gasteiger partial charge in [-0.1, -0.05) is 35.9 Å². The smallest absolute Gasteiger partial charge is 0.258 e. The molecule has 3 aromatic rings. The van der Waals surface area contributed by atoms with Crippen molar-refractivity contribution in [3.05, 3.63) is 75.3 Å². The van der Waals surface area contributed by atoms with Gasteiger partial charge in [0.2, 0.25) is 0 Å². The van der Waals surface area contributed by atoms with Crippen LogP contribution >= 0.6 is 11.6 Å². The van der Waals surface area contributed by atoms with E-state index in [2.05, 4.69) is 19.8 Å². The first kappa shape index (κ1) is 19.1. The van der Waals surface area contributed by atoms with Gasteiger partial charge < -0.3 is 10.1 Å². The second kappa shape index (κ2) is 8.41. The van der Waals surface area contributed by atoms with Crippen LogP contribution in [0.15, 0.2) is 53.3 Å². The molecule has 1 aliphatic heterocycles. The Hall–Kier alpha value is -2.25. The number of H-pyrrole nitrogens is 1. The van der Waals surface area contributed by atoms with Crippen LogP contribution in [0, 0.1) is 0 Å². The molecular formula is C21H23ClN4O2. The molecule has 6 nitrogen and oxygen atoms in total. The van der Waals surface area contributed by atoms with Crippen LogP contribution in [0.4, 0.5) is 0 Å². The van der Waals surface area contributed by atoms with Crippen LogP contribution in [-0.2, 0) is 6.54 Å². The average molecular weight is 399 g/mol. The second-order valence-electron chi connectivity index (χ2n) is 7.17. The minimum Gasteiger partial charge on any atom is -0.387 e. The van der Waals surface area contributed by atoms with Crippen molar-refractivity contribution in [1.29, 1.82) is 0 Å². The van der Waals surface area contributed by atoms with Gasteiger partial charge in [-0.15, -0.1) is 0 Å². The third-order valence-corrected chi connectivity index (χ3v) is 5.44. The van der Waals surface area contributed by atoms with Crippen molar-refractivity contribution in [3.63, 3.8) is 0 Å². The van der Waals surface area contributed by atoms with E-state index in [9.17, 15) is 9.90 Å². The summed E-state index contributed by atoms with van der Waals surface area (Å²) in [5.74, 6) is 0.693. The van der Waals surface area contributed by atoms with Crippen molar-refractivity contribution in [2.45, 2.75) is 12.6 Å². The molecule has 0 aliphatic carbocycles. The number of hydrogen-bond donors (Lipinski definition) is 2. The molecule has 0 bridgehead atoms. The number of nitrogens with one attached hydrogen (secondary N) is 1. The lowest BCUT2D eigenvalue weighted by molar-refractivity contribution is 0.0692. The van der Waals surface area contributed by atoms with Crippen molar-refractivity contribution < 1.29 is 5.11 Å². The fourth-order valence-corrected chi connectivity index (χ4v) is 3.71. The molecule has 2 heterocycles. The first-order valence-corrected chi connectivity index (χ1v) is 9.82. The molecule has 0 amide bonds. The molecule has 1 saturated heterocycles. The van der Waals surface area contributed by atoms with E-state index in [1.807, 2.05) is 30.3 Å². The number of halogens is 1. The minimum absolute atomic E-state index is 0.0923. The highest BCUT2D eigenvalue weighted by molar-refractivity contribution is 6.30. The molecular weight excluding hydrogens is 376 g/mol. The lowest BCUT2D eigenvalue weighted by atomic mass is 10.1. The molecule has 0 radical (unpaired) electrons. The lowest BCUT2D eigenvalue weighted by Gasteiger charge is -2.35. The number of aromatic amines is 1. The zero-order chi connectivity index (χ0) is 19.5. The molecule has 1 unspecified atom stereocenters. The zero-order valence-corrected chi connectivity index (χ0v) is 16.3. The number of piperazine rings is 1. The van der Waals surface area contributed by atoms with Crippen molar-refractivity contribution in [3.8, 4) is 0 Å². The Kier molecular flexibility index (Phi) is 5.73. The standard InChI is InChI=1S/C21H23ClN4O2/c22-16-7-5-15(6-8-16)19(27)13-25-9-11-26(12-10-25)14-20-23-18-4-2-1-3-17(18)21(28)24-20/h1-8,19,27H,9-14H2,(H,23,24,28). The lowest BCUT2D eigenvalue weighted by Crippen LogP contribution is -2.47. The largest absolute Gasteiger partial charge is 0.387 e. The number of hydrogen-bond acceptors (Lipinski definition) is 5. The Bertz CT molecular complexity index is 997. The maximum Gasteiger partial charge on any atom is 0.258 e. The third-order valence-electron chi connectivity index (χ3n) is 5.19. The van der Waals surface area contributed by atoms with Crippen LogP contribution in [0.1, 0.15) is 17.5 Å². The van der Waals surface area contributed by atoms with Crippen molar-refractivity contribution in [1.82, 2.24) is 19.8 Å². The predicted molar refractivity (Wildman–Crippen MR) is 110 cm³/mol. The molecule has 1 aliphatic rings. The van der Waals surface area contributed by atoms with E-state index in [1.165, 1.54) is 0 Å². The molecule has 28 heavy (non-hydrogen) atoms. The van der Waals surface area contributed by atoms with Crippen LogP contribution in [0.25, 0.3) is 10.9 Å². The third kappa shape index (κ3) is 4.42. The summed E-state index contributed by atoms with van der Waals surface area (Å²) >= 11 is 5.91. The topological polar surface area (TPSA) is 72.5 Å². The Morgan fingerprint density at radius 3 is 2.46 bits per heavy atom. The van der Waals surface area contributed by atoms with Gasteiger partial charge in [-0.3, -0.25) is 14.6 Å². The number of aliphatic hydroxyl groups is 1. The van der Waals surface area contributed by atoms with Gasteiger partial charge >= 0.3 is 0 Å². The van der Waals surface area contributed by atoms with Gasteiger partial charge in [-0.25, -0.2) is 4.98 Å². The Balaban J connectivity index is 1.33. The number of para-hydroxylation sites is 1. The molecule has 0 saturated carbocycles. The van der Waals surface area contributed by atoms with Gasteiger partial charge in [0.15, 0.2) is 0 Å². The fraction of sp³-hybridized carbons (Fsp3) is 0.333. The highest BCUT2D eigenvalue weighted by Gasteiger charge is 2.20. The molecule has 1 atom stereocenters. The number of fused-ring (bicyclic) bond motifs is 1. The summed E-state index contributed by atoms with van der Waals surface area (Å²) in [6.45, 7) is 4.67. The summed E-state index contributed by atoms with van der Waals surface area (Å²) in [7, 11) is 0. The van der Waals surface area contributed by atoms with Crippen LogP contribution in [0.2, 0.25) is 5.02 Å². The van der Waals surface area contributed by atoms with Crippen LogP contribution in [-0.4, -0.2) is 57.6 Å². The highest BCUT2D eigenvalue weighted by Crippen LogP contribution is 2.18. The van der Waals surface area contributed by atoms with Gasteiger partial charge in [0, 0.05) is 37.7 Å². The van der Waals surface area contributed by atoms with Crippen molar-refractivity contribution in [2.75, 3.05) is 32.7 Å². The summed E-state index contributed by atoms with van der Waals surface area (Å²) in [5.41, 5.74) is 1.51. The predicted octanol–water partition coefficient (Wildman–Crippen LogP) is 2.43. The van der Waals surface area contributed by atoms with E-state index in [4.69, 9.17) is 11.6 Å². The number of β-amino-alcohol motifs (C(OH)–C–C–N with tert-alkyl or cyclic N) is 1. The van der Waals surface area contributed by atoms with Crippen molar-refractivity contribution >= 4 is 22.5 Å². The summed E-state index contributed by atoms with van der Waals surface area (Å²) in [5, 5.41) is 11.7. The number of aliphatic hydroxyl groups excluding tert-OH is 1. The molecule has 1 aromatic heterocycles. The summed E-state index contributed by atoms with van der Waals surface area (Å²) in [6.07, 6.45) is -0.526. The first-order valence-electron chi connectivity index (χ1n) is 9.45. The number of benzene rings is 2. The molecule has 2 N–H and O–H groups in total. The zero-order valence-electron chi connectivity index (χ0n) is 15.5. The maximum absolute atomic E-state index is 12.2. The number of rotatable bonds is 5. The van der Waals surface area contributed by atoms with E-state index in [0.29, 0.717) is 29.3 Å². The molecule has 7 heteroatoms. The van der Waals surface area contributed by atoms with E-state index < -0.39 is 6.10 Å². The molecule has 0 spiro atoms. The quantitative estimate of drug-likeness (QED) is 0.690. The molecule has 146 valence electrons. The molecule has 2 aromatic carbocycles. The van der Waals surface area contributed by atoms with Crippen LogP contribution < -0.4 is 5.56 Å². The molecule has 4 rings (SSSR count). The SMILES string of the molecule is O=c1[nH]c(CN2CCN(CC(O)c3ccc(Cl)cc3)CC2)nc2ccccc12.